The molecule has 0 atom stereocenters. The third kappa shape index (κ3) is 6.93. The van der Waals surface area contributed by atoms with Crippen molar-refractivity contribution in [1.29, 1.82) is 0 Å². The zero-order valence-electron chi connectivity index (χ0n) is 16.9. The number of hydrogen-bond donors (Lipinski definition) is 2. The normalized spacial score (nSPS) is 11.5. The highest BCUT2D eigenvalue weighted by atomic mass is 32.2. The van der Waals surface area contributed by atoms with E-state index in [1.807, 2.05) is 36.4 Å². The van der Waals surface area contributed by atoms with Crippen molar-refractivity contribution in [3.05, 3.63) is 59.2 Å². The van der Waals surface area contributed by atoms with Crippen molar-refractivity contribution in [2.24, 2.45) is 5.14 Å². The molecule has 0 bridgehead atoms. The van der Waals surface area contributed by atoms with Crippen LogP contribution in [0.1, 0.15) is 56.2 Å². The summed E-state index contributed by atoms with van der Waals surface area (Å²) in [4.78, 5) is 0.151. The summed E-state index contributed by atoms with van der Waals surface area (Å²) in [5.41, 5.74) is 2.51. The number of primary sulfonamides is 1. The van der Waals surface area contributed by atoms with Crippen LogP contribution in [0.5, 0.6) is 5.75 Å². The summed E-state index contributed by atoms with van der Waals surface area (Å²) >= 11 is 0. The second-order valence-corrected chi connectivity index (χ2v) is 8.54. The zero-order chi connectivity index (χ0) is 20.4. The molecule has 0 aliphatic rings. The van der Waals surface area contributed by atoms with Crippen LogP contribution < -0.4 is 15.2 Å². The Kier molecular flexibility index (Phi) is 8.96. The maximum atomic E-state index is 12.4. The molecule has 3 N–H and O–H groups in total. The minimum atomic E-state index is -3.87. The van der Waals surface area contributed by atoms with Crippen LogP contribution >= 0.6 is 0 Å². The van der Waals surface area contributed by atoms with Gasteiger partial charge in [-0.15, -0.1) is 0 Å². The molecular weight excluding hydrogens is 372 g/mol. The molecule has 0 spiro atoms. The first-order valence-electron chi connectivity index (χ1n) is 10.0. The van der Waals surface area contributed by atoms with E-state index >= 15 is 0 Å². The van der Waals surface area contributed by atoms with Crippen LogP contribution in [0.15, 0.2) is 47.4 Å². The van der Waals surface area contributed by atoms with Crippen molar-refractivity contribution in [3.8, 4) is 5.75 Å². The number of sulfonamides is 1. The highest BCUT2D eigenvalue weighted by molar-refractivity contribution is 7.89. The molecule has 0 aliphatic carbocycles. The largest absolute Gasteiger partial charge is 0.493 e. The predicted octanol–water partition coefficient (Wildman–Crippen LogP) is 3.99. The van der Waals surface area contributed by atoms with E-state index in [0.29, 0.717) is 30.9 Å². The molecule has 2 rings (SSSR count). The molecule has 0 amide bonds. The summed E-state index contributed by atoms with van der Waals surface area (Å²) in [6.07, 6.45) is 4.56. The van der Waals surface area contributed by atoms with Crippen LogP contribution in [-0.2, 0) is 23.0 Å². The van der Waals surface area contributed by atoms with Gasteiger partial charge in [-0.25, -0.2) is 13.6 Å². The Labute approximate surface area is 169 Å². The summed E-state index contributed by atoms with van der Waals surface area (Å²) in [7, 11) is -3.87. The van der Waals surface area contributed by atoms with Crippen LogP contribution in [-0.4, -0.2) is 21.6 Å². The second kappa shape index (κ2) is 11.2. The Morgan fingerprint density at radius 1 is 1.00 bits per heavy atom. The predicted molar refractivity (Wildman–Crippen MR) is 114 cm³/mol. The Morgan fingerprint density at radius 2 is 1.71 bits per heavy atom. The van der Waals surface area contributed by atoms with E-state index in [1.54, 1.807) is 6.07 Å². The lowest BCUT2D eigenvalue weighted by Crippen LogP contribution is -2.19. The van der Waals surface area contributed by atoms with Crippen LogP contribution in [0.25, 0.3) is 0 Å². The summed E-state index contributed by atoms with van der Waals surface area (Å²) in [6, 6.07) is 13.4. The fraction of sp³-hybridized carbons (Fsp3) is 0.455. The van der Waals surface area contributed by atoms with E-state index in [2.05, 4.69) is 19.2 Å². The minimum Gasteiger partial charge on any atom is -0.493 e. The molecule has 0 aliphatic heterocycles. The summed E-state index contributed by atoms with van der Waals surface area (Å²) in [5.74, 6) is 0.608. The monoisotopic (exact) mass is 404 g/mol. The number of ether oxygens (including phenoxy) is 1. The molecular formula is C22H32N2O3S. The van der Waals surface area contributed by atoms with E-state index in [9.17, 15) is 8.42 Å². The van der Waals surface area contributed by atoms with Crippen molar-refractivity contribution in [2.75, 3.05) is 13.2 Å². The maximum Gasteiger partial charge on any atom is 0.238 e. The highest BCUT2D eigenvalue weighted by Gasteiger charge is 2.20. The Balaban J connectivity index is 2.42. The standard InChI is InChI=1S/C22H32N2O3S/c1-3-5-12-24-17-19-15-21(27-13-6-4-2)20(22(16-19)28(23,25)26)14-18-10-8-7-9-11-18/h7-11,15-16,24H,3-6,12-14,17H2,1-2H3,(H2,23,25,26). The van der Waals surface area contributed by atoms with Crippen LogP contribution in [0.2, 0.25) is 0 Å². The number of benzene rings is 2. The van der Waals surface area contributed by atoms with Crippen molar-refractivity contribution < 1.29 is 13.2 Å². The van der Waals surface area contributed by atoms with Crippen molar-refractivity contribution in [2.45, 2.75) is 57.4 Å². The number of unbranched alkanes of at least 4 members (excludes halogenated alkanes) is 2. The van der Waals surface area contributed by atoms with Gasteiger partial charge in [0.25, 0.3) is 0 Å². The number of hydrogen-bond acceptors (Lipinski definition) is 4. The van der Waals surface area contributed by atoms with E-state index in [1.165, 1.54) is 0 Å². The Bertz CT molecular complexity index is 836. The van der Waals surface area contributed by atoms with E-state index < -0.39 is 10.0 Å². The first kappa shape index (κ1) is 22.4. The Morgan fingerprint density at radius 3 is 2.36 bits per heavy atom. The van der Waals surface area contributed by atoms with E-state index in [4.69, 9.17) is 9.88 Å². The van der Waals surface area contributed by atoms with Gasteiger partial charge in [-0.1, -0.05) is 57.0 Å². The molecule has 0 saturated heterocycles. The second-order valence-electron chi connectivity index (χ2n) is 7.01. The lowest BCUT2D eigenvalue weighted by Gasteiger charge is -2.17. The molecule has 0 fully saturated rings. The third-order valence-electron chi connectivity index (χ3n) is 4.55. The Hall–Kier alpha value is -1.89. The lowest BCUT2D eigenvalue weighted by molar-refractivity contribution is 0.305. The van der Waals surface area contributed by atoms with Crippen LogP contribution in [0.3, 0.4) is 0 Å². The van der Waals surface area contributed by atoms with E-state index in [-0.39, 0.29) is 4.90 Å². The summed E-state index contributed by atoms with van der Waals surface area (Å²) in [5, 5.41) is 8.93. The third-order valence-corrected chi connectivity index (χ3v) is 5.53. The van der Waals surface area contributed by atoms with Crippen molar-refractivity contribution in [1.82, 2.24) is 5.32 Å². The molecule has 154 valence electrons. The fourth-order valence-electron chi connectivity index (χ4n) is 2.99. The van der Waals surface area contributed by atoms with Gasteiger partial charge in [0, 0.05) is 18.5 Å². The molecule has 0 saturated carbocycles. The molecule has 0 heterocycles. The van der Waals surface area contributed by atoms with Gasteiger partial charge >= 0.3 is 0 Å². The fourth-order valence-corrected chi connectivity index (χ4v) is 3.83. The summed E-state index contributed by atoms with van der Waals surface area (Å²) < 4.78 is 30.7. The molecule has 0 unspecified atom stereocenters. The van der Waals surface area contributed by atoms with E-state index in [0.717, 1.165) is 43.4 Å². The molecule has 28 heavy (non-hydrogen) atoms. The molecule has 6 heteroatoms. The molecule has 0 radical (unpaired) electrons. The van der Waals surface area contributed by atoms with Gasteiger partial charge in [-0.3, -0.25) is 0 Å². The van der Waals surface area contributed by atoms with Crippen LogP contribution in [0.4, 0.5) is 0 Å². The summed E-state index contributed by atoms with van der Waals surface area (Å²) in [6.45, 7) is 6.25. The van der Waals surface area contributed by atoms with Crippen molar-refractivity contribution in [3.63, 3.8) is 0 Å². The lowest BCUT2D eigenvalue weighted by atomic mass is 10.0. The number of nitrogens with two attached hydrogens (primary N) is 1. The maximum absolute atomic E-state index is 12.4. The number of nitrogens with one attached hydrogen (secondary N) is 1. The first-order chi connectivity index (χ1) is 13.5. The minimum absolute atomic E-state index is 0.151. The van der Waals surface area contributed by atoms with Crippen LogP contribution in [0, 0.1) is 0 Å². The van der Waals surface area contributed by atoms with Gasteiger partial charge in [-0.2, -0.15) is 0 Å². The first-order valence-corrected chi connectivity index (χ1v) is 11.6. The smallest absolute Gasteiger partial charge is 0.238 e. The van der Waals surface area contributed by atoms with Crippen molar-refractivity contribution >= 4 is 10.0 Å². The zero-order valence-corrected chi connectivity index (χ0v) is 17.7. The number of rotatable bonds is 12. The quantitative estimate of drug-likeness (QED) is 0.524. The van der Waals surface area contributed by atoms with Gasteiger partial charge in [0.05, 0.1) is 11.5 Å². The SMILES string of the molecule is CCCCNCc1cc(OCCCC)c(Cc2ccccc2)c(S(N)(=O)=O)c1. The molecule has 5 nitrogen and oxygen atoms in total. The van der Waals surface area contributed by atoms with Gasteiger partial charge in [0.1, 0.15) is 5.75 Å². The van der Waals surface area contributed by atoms with Gasteiger partial charge in [0.2, 0.25) is 10.0 Å². The molecule has 2 aromatic carbocycles. The molecule has 0 aromatic heterocycles. The highest BCUT2D eigenvalue weighted by Crippen LogP contribution is 2.30. The van der Waals surface area contributed by atoms with Gasteiger partial charge in [0.15, 0.2) is 0 Å². The average Bonchev–Trinajstić information content (AvgIpc) is 2.67. The van der Waals surface area contributed by atoms with Gasteiger partial charge < -0.3 is 10.1 Å². The topological polar surface area (TPSA) is 81.4 Å². The van der Waals surface area contributed by atoms with Gasteiger partial charge in [-0.05, 0) is 42.6 Å². The molecule has 2 aromatic rings. The average molecular weight is 405 g/mol.